The molecule has 0 aliphatic carbocycles. The molecule has 0 aromatic heterocycles. The SMILES string of the molecule is CCN(CCS(=O)(=O)c1cccc(C(=O)O)c1)CC(C)C. The summed E-state index contributed by atoms with van der Waals surface area (Å²) in [4.78, 5) is 13.1. The molecule has 118 valence electrons. The topological polar surface area (TPSA) is 74.7 Å². The molecule has 0 saturated carbocycles. The summed E-state index contributed by atoms with van der Waals surface area (Å²) >= 11 is 0. The Labute approximate surface area is 126 Å². The number of aromatic carboxylic acids is 1. The maximum atomic E-state index is 12.3. The molecule has 0 atom stereocenters. The van der Waals surface area contributed by atoms with Gasteiger partial charge in [-0.1, -0.05) is 26.8 Å². The number of rotatable bonds is 8. The summed E-state index contributed by atoms with van der Waals surface area (Å²) in [6.45, 7) is 8.28. The van der Waals surface area contributed by atoms with Crippen molar-refractivity contribution in [2.24, 2.45) is 5.92 Å². The van der Waals surface area contributed by atoms with Crippen LogP contribution in [0.5, 0.6) is 0 Å². The van der Waals surface area contributed by atoms with Crippen molar-refractivity contribution < 1.29 is 18.3 Å². The van der Waals surface area contributed by atoms with E-state index in [0.29, 0.717) is 12.5 Å². The number of nitrogens with zero attached hydrogens (tertiary/aromatic N) is 1. The summed E-state index contributed by atoms with van der Waals surface area (Å²) in [5.41, 5.74) is -0.00870. The van der Waals surface area contributed by atoms with Gasteiger partial charge in [-0.3, -0.25) is 0 Å². The zero-order valence-corrected chi connectivity index (χ0v) is 13.6. The number of sulfone groups is 1. The Morgan fingerprint density at radius 2 is 2.00 bits per heavy atom. The molecule has 21 heavy (non-hydrogen) atoms. The molecule has 0 radical (unpaired) electrons. The highest BCUT2D eigenvalue weighted by Crippen LogP contribution is 2.14. The number of carboxylic acid groups (broad SMARTS) is 1. The standard InChI is InChI=1S/C15H23NO4S/c1-4-16(11-12(2)3)8-9-21(19,20)14-7-5-6-13(10-14)15(17)18/h5-7,10,12H,4,8-9,11H2,1-3H3,(H,17,18). The van der Waals surface area contributed by atoms with Crippen molar-refractivity contribution in [3.05, 3.63) is 29.8 Å². The van der Waals surface area contributed by atoms with E-state index in [4.69, 9.17) is 5.11 Å². The molecular weight excluding hydrogens is 290 g/mol. The van der Waals surface area contributed by atoms with Gasteiger partial charge in [0.05, 0.1) is 16.2 Å². The third-order valence-electron chi connectivity index (χ3n) is 3.19. The third-order valence-corrected chi connectivity index (χ3v) is 4.88. The largest absolute Gasteiger partial charge is 0.478 e. The number of carboxylic acids is 1. The molecule has 1 aromatic carbocycles. The maximum absolute atomic E-state index is 12.3. The minimum Gasteiger partial charge on any atom is -0.478 e. The monoisotopic (exact) mass is 313 g/mol. The zero-order valence-electron chi connectivity index (χ0n) is 12.7. The molecule has 0 aliphatic rings. The summed E-state index contributed by atoms with van der Waals surface area (Å²) in [6.07, 6.45) is 0. The van der Waals surface area contributed by atoms with E-state index >= 15 is 0 Å². The van der Waals surface area contributed by atoms with E-state index in [0.717, 1.165) is 13.1 Å². The second-order valence-corrected chi connectivity index (χ2v) is 7.55. The molecule has 0 fully saturated rings. The summed E-state index contributed by atoms with van der Waals surface area (Å²) in [6, 6.07) is 5.51. The number of carbonyl (C=O) groups is 1. The lowest BCUT2D eigenvalue weighted by Crippen LogP contribution is -2.32. The molecule has 1 N–H and O–H groups in total. The highest BCUT2D eigenvalue weighted by molar-refractivity contribution is 7.91. The van der Waals surface area contributed by atoms with Gasteiger partial charge in [-0.05, 0) is 30.7 Å². The van der Waals surface area contributed by atoms with E-state index in [9.17, 15) is 13.2 Å². The second-order valence-electron chi connectivity index (χ2n) is 5.44. The van der Waals surface area contributed by atoms with Gasteiger partial charge in [-0.25, -0.2) is 13.2 Å². The third kappa shape index (κ3) is 5.47. The molecule has 0 heterocycles. The molecule has 0 aliphatic heterocycles. The first-order valence-electron chi connectivity index (χ1n) is 7.04. The Morgan fingerprint density at radius 3 is 2.52 bits per heavy atom. The van der Waals surface area contributed by atoms with Crippen LogP contribution >= 0.6 is 0 Å². The lowest BCUT2D eigenvalue weighted by atomic mass is 10.2. The fourth-order valence-corrected chi connectivity index (χ4v) is 3.41. The Hall–Kier alpha value is -1.40. The van der Waals surface area contributed by atoms with Crippen LogP contribution in [0.2, 0.25) is 0 Å². The molecule has 1 rings (SSSR count). The van der Waals surface area contributed by atoms with Gasteiger partial charge < -0.3 is 10.0 Å². The lowest BCUT2D eigenvalue weighted by Gasteiger charge is -2.22. The number of hydrogen-bond acceptors (Lipinski definition) is 4. The summed E-state index contributed by atoms with van der Waals surface area (Å²) in [5, 5.41) is 8.93. The van der Waals surface area contributed by atoms with Gasteiger partial charge in [-0.15, -0.1) is 0 Å². The number of benzene rings is 1. The highest BCUT2D eigenvalue weighted by atomic mass is 32.2. The predicted molar refractivity (Wildman–Crippen MR) is 82.4 cm³/mol. The highest BCUT2D eigenvalue weighted by Gasteiger charge is 2.18. The van der Waals surface area contributed by atoms with Crippen molar-refractivity contribution in [1.29, 1.82) is 0 Å². The molecule has 0 unspecified atom stereocenters. The smallest absolute Gasteiger partial charge is 0.335 e. The van der Waals surface area contributed by atoms with Gasteiger partial charge in [0, 0.05) is 13.1 Å². The normalized spacial score (nSPS) is 12.0. The Balaban J connectivity index is 2.82. The van der Waals surface area contributed by atoms with Crippen molar-refractivity contribution in [3.8, 4) is 0 Å². The van der Waals surface area contributed by atoms with Crippen molar-refractivity contribution in [2.75, 3.05) is 25.4 Å². The van der Waals surface area contributed by atoms with Crippen LogP contribution in [0.25, 0.3) is 0 Å². The second kappa shape index (κ2) is 7.56. The molecule has 0 amide bonds. The molecule has 0 spiro atoms. The minimum atomic E-state index is -3.46. The first kappa shape index (κ1) is 17.7. The van der Waals surface area contributed by atoms with Gasteiger partial charge in [-0.2, -0.15) is 0 Å². The summed E-state index contributed by atoms with van der Waals surface area (Å²) in [7, 11) is -3.46. The van der Waals surface area contributed by atoms with E-state index in [1.54, 1.807) is 0 Å². The van der Waals surface area contributed by atoms with E-state index < -0.39 is 15.8 Å². The quantitative estimate of drug-likeness (QED) is 0.796. The summed E-state index contributed by atoms with van der Waals surface area (Å²) < 4.78 is 24.6. The molecule has 5 nitrogen and oxygen atoms in total. The Morgan fingerprint density at radius 1 is 1.33 bits per heavy atom. The van der Waals surface area contributed by atoms with Crippen LogP contribution < -0.4 is 0 Å². The average molecular weight is 313 g/mol. The van der Waals surface area contributed by atoms with Crippen molar-refractivity contribution in [2.45, 2.75) is 25.7 Å². The first-order valence-corrected chi connectivity index (χ1v) is 8.70. The van der Waals surface area contributed by atoms with Crippen LogP contribution in [-0.2, 0) is 9.84 Å². The van der Waals surface area contributed by atoms with Crippen molar-refractivity contribution in [1.82, 2.24) is 4.90 Å². The first-order chi connectivity index (χ1) is 9.76. The fraction of sp³-hybridized carbons (Fsp3) is 0.533. The molecule has 6 heteroatoms. The van der Waals surface area contributed by atoms with E-state index in [1.165, 1.54) is 24.3 Å². The minimum absolute atomic E-state index is 0.00334. The van der Waals surface area contributed by atoms with Crippen LogP contribution in [0, 0.1) is 5.92 Å². The lowest BCUT2D eigenvalue weighted by molar-refractivity contribution is 0.0696. The van der Waals surface area contributed by atoms with Crippen LogP contribution in [0.4, 0.5) is 0 Å². The van der Waals surface area contributed by atoms with Gasteiger partial charge in [0.1, 0.15) is 0 Å². The molecule has 0 saturated heterocycles. The predicted octanol–water partition coefficient (Wildman–Crippen LogP) is 2.14. The van der Waals surface area contributed by atoms with Gasteiger partial charge in [0.15, 0.2) is 9.84 Å². The van der Waals surface area contributed by atoms with Crippen LogP contribution in [0.15, 0.2) is 29.2 Å². The van der Waals surface area contributed by atoms with Gasteiger partial charge >= 0.3 is 5.97 Å². The number of hydrogen-bond donors (Lipinski definition) is 1. The van der Waals surface area contributed by atoms with Crippen LogP contribution in [0.3, 0.4) is 0 Å². The van der Waals surface area contributed by atoms with Gasteiger partial charge in [0.2, 0.25) is 0 Å². The van der Waals surface area contributed by atoms with E-state index in [2.05, 4.69) is 18.7 Å². The Kier molecular flexibility index (Phi) is 6.36. The van der Waals surface area contributed by atoms with E-state index in [1.807, 2.05) is 6.92 Å². The summed E-state index contributed by atoms with van der Waals surface area (Å²) in [5.74, 6) is -0.651. The average Bonchev–Trinajstić information content (AvgIpc) is 2.43. The van der Waals surface area contributed by atoms with Crippen molar-refractivity contribution in [3.63, 3.8) is 0 Å². The Bertz CT molecular complexity index is 581. The van der Waals surface area contributed by atoms with Crippen LogP contribution in [-0.4, -0.2) is 49.8 Å². The van der Waals surface area contributed by atoms with Crippen LogP contribution in [0.1, 0.15) is 31.1 Å². The zero-order chi connectivity index (χ0) is 16.0. The fourth-order valence-electron chi connectivity index (χ4n) is 2.08. The maximum Gasteiger partial charge on any atom is 0.335 e. The van der Waals surface area contributed by atoms with Gasteiger partial charge in [0.25, 0.3) is 0 Å². The molecular formula is C15H23NO4S. The molecule has 1 aromatic rings. The van der Waals surface area contributed by atoms with E-state index in [-0.39, 0.29) is 16.2 Å². The molecule has 0 bridgehead atoms. The van der Waals surface area contributed by atoms with Crippen molar-refractivity contribution >= 4 is 15.8 Å².